The van der Waals surface area contributed by atoms with Crippen molar-refractivity contribution in [3.63, 3.8) is 0 Å². The molecule has 0 aliphatic rings. The summed E-state index contributed by atoms with van der Waals surface area (Å²) >= 11 is 6.42. The maximum absolute atomic E-state index is 11.9. The number of carbonyl (C=O) groups excluding carboxylic acids is 3. The number of nitrogens with one attached hydrogen (secondary N) is 3. The van der Waals surface area contributed by atoms with Gasteiger partial charge in [0.15, 0.2) is 0 Å². The van der Waals surface area contributed by atoms with Crippen molar-refractivity contribution >= 4 is 64.5 Å². The molecule has 0 aliphatic heterocycles. The molecule has 3 N–H and O–H groups in total. The number of ether oxygens (including phenoxy) is 2. The first kappa shape index (κ1) is 52.6. The summed E-state index contributed by atoms with van der Waals surface area (Å²) in [5.74, 6) is 2.66. The summed E-state index contributed by atoms with van der Waals surface area (Å²) < 4.78 is 10.6. The average molecular weight is 902 g/mol. The van der Waals surface area contributed by atoms with Gasteiger partial charge in [-0.25, -0.2) is 9.59 Å². The van der Waals surface area contributed by atoms with Crippen molar-refractivity contribution in [2.75, 3.05) is 17.8 Å². The highest BCUT2D eigenvalue weighted by atomic mass is 32.2. The number of rotatable bonds is 14. The van der Waals surface area contributed by atoms with E-state index in [0.29, 0.717) is 11.7 Å². The molecule has 0 spiro atoms. The SMILES string of the molecule is CC(C)NC(=O)OC(CSc1ccccc1)CSc1ccccc1.CC(C)NC(=O)Oc1ccccc1.CC(C)NC(=O)Sc1ccccc1.CSc1ccc(C(C)C)cc1. The Morgan fingerprint density at radius 1 is 0.492 bits per heavy atom. The molecule has 328 valence electrons. The van der Waals surface area contributed by atoms with Crippen LogP contribution in [0.3, 0.4) is 0 Å². The number of thioether (sulfide) groups is 4. The van der Waals surface area contributed by atoms with Crippen molar-refractivity contribution < 1.29 is 23.9 Å². The second-order valence-corrected chi connectivity index (χ2v) is 18.6. The molecule has 8 nitrogen and oxygen atoms in total. The van der Waals surface area contributed by atoms with E-state index in [2.05, 4.69) is 84.6 Å². The van der Waals surface area contributed by atoms with E-state index >= 15 is 0 Å². The predicted molar refractivity (Wildman–Crippen MR) is 262 cm³/mol. The largest absolute Gasteiger partial charge is 0.444 e. The van der Waals surface area contributed by atoms with Crippen LogP contribution in [0, 0.1) is 0 Å². The maximum Gasteiger partial charge on any atom is 0.412 e. The second-order valence-electron chi connectivity index (χ2n) is 14.5. The molecular weight excluding hydrogens is 839 g/mol. The minimum absolute atomic E-state index is 0.00111. The first-order valence-corrected chi connectivity index (χ1v) is 24.3. The van der Waals surface area contributed by atoms with Crippen molar-refractivity contribution in [1.29, 1.82) is 0 Å². The van der Waals surface area contributed by atoms with Crippen LogP contribution >= 0.6 is 47.0 Å². The monoisotopic (exact) mass is 901 g/mol. The van der Waals surface area contributed by atoms with Crippen LogP contribution in [0.1, 0.15) is 66.9 Å². The lowest BCUT2D eigenvalue weighted by molar-refractivity contribution is 0.117. The van der Waals surface area contributed by atoms with E-state index in [4.69, 9.17) is 9.47 Å². The smallest absolute Gasteiger partial charge is 0.412 e. The molecule has 0 atom stereocenters. The Kier molecular flexibility index (Phi) is 27.1. The van der Waals surface area contributed by atoms with Crippen LogP contribution in [-0.2, 0) is 4.74 Å². The second kappa shape index (κ2) is 31.4. The Morgan fingerprint density at radius 2 is 0.902 bits per heavy atom. The fourth-order valence-electron chi connectivity index (χ4n) is 4.66. The van der Waals surface area contributed by atoms with E-state index in [1.165, 1.54) is 32.0 Å². The van der Waals surface area contributed by atoms with Crippen LogP contribution in [0.4, 0.5) is 14.4 Å². The van der Waals surface area contributed by atoms with E-state index in [0.717, 1.165) is 16.4 Å². The number of carbonyl (C=O) groups is 3. The van der Waals surface area contributed by atoms with Gasteiger partial charge < -0.3 is 25.4 Å². The summed E-state index contributed by atoms with van der Waals surface area (Å²) in [6.45, 7) is 15.9. The molecule has 0 aliphatic carbocycles. The molecule has 0 heterocycles. The molecule has 5 rings (SSSR count). The lowest BCUT2D eigenvalue weighted by atomic mass is 10.0. The van der Waals surface area contributed by atoms with Gasteiger partial charge in [-0.1, -0.05) is 98.8 Å². The molecular formula is C49H63N3O5S4. The number of amides is 3. The van der Waals surface area contributed by atoms with Crippen LogP contribution in [-0.4, -0.2) is 59.4 Å². The van der Waals surface area contributed by atoms with Gasteiger partial charge in [0, 0.05) is 49.2 Å². The Hall–Kier alpha value is -4.49. The van der Waals surface area contributed by atoms with Gasteiger partial charge in [-0.2, -0.15) is 0 Å². The average Bonchev–Trinajstić information content (AvgIpc) is 3.23. The molecule has 61 heavy (non-hydrogen) atoms. The van der Waals surface area contributed by atoms with Crippen molar-refractivity contribution in [1.82, 2.24) is 16.0 Å². The number of benzene rings is 5. The van der Waals surface area contributed by atoms with Crippen LogP contribution in [0.15, 0.2) is 165 Å². The Morgan fingerprint density at radius 3 is 1.31 bits per heavy atom. The zero-order valence-corrected chi connectivity index (χ0v) is 40.1. The molecule has 0 saturated heterocycles. The van der Waals surface area contributed by atoms with Crippen molar-refractivity contribution in [3.8, 4) is 5.75 Å². The lowest BCUT2D eigenvalue weighted by Gasteiger charge is -2.19. The lowest BCUT2D eigenvalue weighted by Crippen LogP contribution is -2.35. The molecule has 0 bridgehead atoms. The molecule has 5 aromatic carbocycles. The molecule has 5 aromatic rings. The number of hydrogen-bond donors (Lipinski definition) is 3. The zero-order valence-electron chi connectivity index (χ0n) is 36.8. The summed E-state index contributed by atoms with van der Waals surface area (Å²) in [6, 6.07) is 48.1. The van der Waals surface area contributed by atoms with Gasteiger partial charge in [0.2, 0.25) is 0 Å². The molecule has 0 radical (unpaired) electrons. The third-order valence-electron chi connectivity index (χ3n) is 7.54. The van der Waals surface area contributed by atoms with Gasteiger partial charge in [0.05, 0.1) is 0 Å². The minimum Gasteiger partial charge on any atom is -0.444 e. The van der Waals surface area contributed by atoms with Gasteiger partial charge in [0.1, 0.15) is 11.9 Å². The normalized spacial score (nSPS) is 10.4. The van der Waals surface area contributed by atoms with E-state index in [1.54, 1.807) is 47.4 Å². The Bertz CT molecular complexity index is 1800. The Labute approximate surface area is 381 Å². The highest BCUT2D eigenvalue weighted by molar-refractivity contribution is 8.13. The number of para-hydroxylation sites is 1. The van der Waals surface area contributed by atoms with Gasteiger partial charge in [-0.15, -0.1) is 35.3 Å². The van der Waals surface area contributed by atoms with Crippen molar-refractivity contribution in [3.05, 3.63) is 151 Å². The standard InChI is InChI=1S/C19H23NO2S2.C10H13NO2.C10H13NOS.C10H14S/c1-15(2)20-19(21)22-16(13-23-17-9-5-3-6-10-17)14-24-18-11-7-4-8-12-18;2*1-8(2)11-10(12)13-9-6-4-3-5-7-9;1-8(2)9-4-6-10(11-3)7-5-9/h3-12,15-16H,13-14H2,1-2H3,(H,20,21);2*3-8H,1-2H3,(H,11,12);4-8H,1-3H3. The van der Waals surface area contributed by atoms with E-state index in [9.17, 15) is 14.4 Å². The number of alkyl carbamates (subject to hydrolysis) is 1. The highest BCUT2D eigenvalue weighted by Crippen LogP contribution is 2.24. The van der Waals surface area contributed by atoms with E-state index in [-0.39, 0.29) is 35.6 Å². The van der Waals surface area contributed by atoms with Crippen molar-refractivity contribution in [2.24, 2.45) is 0 Å². The number of hydrogen-bond acceptors (Lipinski definition) is 9. The van der Waals surface area contributed by atoms with Gasteiger partial charge in [-0.3, -0.25) is 4.79 Å². The predicted octanol–water partition coefficient (Wildman–Crippen LogP) is 13.7. The third-order valence-corrected chi connectivity index (χ3v) is 11.4. The minimum atomic E-state index is -0.416. The van der Waals surface area contributed by atoms with Gasteiger partial charge in [-0.05, 0) is 132 Å². The summed E-state index contributed by atoms with van der Waals surface area (Å²) in [5.41, 5.74) is 1.42. The molecule has 0 unspecified atom stereocenters. The first-order valence-electron chi connectivity index (χ1n) is 20.3. The fraction of sp³-hybridized carbons (Fsp3) is 0.327. The summed E-state index contributed by atoms with van der Waals surface area (Å²) in [7, 11) is 0. The van der Waals surface area contributed by atoms with Crippen LogP contribution in [0.2, 0.25) is 0 Å². The quantitative estimate of drug-likeness (QED) is 0.0940. The van der Waals surface area contributed by atoms with E-state index < -0.39 is 6.09 Å². The van der Waals surface area contributed by atoms with Crippen LogP contribution < -0.4 is 20.7 Å². The van der Waals surface area contributed by atoms with Gasteiger partial charge >= 0.3 is 12.2 Å². The zero-order chi connectivity index (χ0) is 44.8. The Balaban J connectivity index is 0.000000297. The molecule has 0 saturated carbocycles. The fourth-order valence-corrected chi connectivity index (χ4v) is 7.85. The molecule has 12 heteroatoms. The molecule has 0 fully saturated rings. The molecule has 3 amide bonds. The first-order chi connectivity index (χ1) is 29.2. The maximum atomic E-state index is 11.9. The van der Waals surface area contributed by atoms with Crippen LogP contribution in [0.5, 0.6) is 5.75 Å². The van der Waals surface area contributed by atoms with E-state index in [1.807, 2.05) is 126 Å². The van der Waals surface area contributed by atoms with Gasteiger partial charge in [0.25, 0.3) is 5.24 Å². The third kappa shape index (κ3) is 26.5. The summed E-state index contributed by atoms with van der Waals surface area (Å²) in [4.78, 5) is 39.0. The summed E-state index contributed by atoms with van der Waals surface area (Å²) in [6.07, 6.45) is 1.18. The summed E-state index contributed by atoms with van der Waals surface area (Å²) in [5, 5.41) is 8.24. The van der Waals surface area contributed by atoms with Crippen LogP contribution in [0.25, 0.3) is 0 Å². The topological polar surface area (TPSA) is 106 Å². The van der Waals surface area contributed by atoms with Crippen molar-refractivity contribution in [2.45, 2.75) is 105 Å². The molecule has 0 aromatic heterocycles. The highest BCUT2D eigenvalue weighted by Gasteiger charge is 2.16.